The van der Waals surface area contributed by atoms with Gasteiger partial charge in [-0.15, -0.1) is 0 Å². The molecule has 0 bridgehead atoms. The predicted molar refractivity (Wildman–Crippen MR) is 57.0 cm³/mol. The molecule has 0 spiro atoms. The number of hydrogen-bond donors (Lipinski definition) is 0. The lowest BCUT2D eigenvalue weighted by Gasteiger charge is -2.13. The van der Waals surface area contributed by atoms with Crippen molar-refractivity contribution in [2.24, 2.45) is 0 Å². The number of carbonyl (C=O) groups excluding carboxylic acids is 1. The van der Waals surface area contributed by atoms with Gasteiger partial charge in [0.25, 0.3) is 0 Å². The molecule has 4 heteroatoms. The molecular formula is C12H10N2O2. The van der Waals surface area contributed by atoms with Crippen molar-refractivity contribution < 1.29 is 9.21 Å². The summed E-state index contributed by atoms with van der Waals surface area (Å²) < 4.78 is 4.99. The van der Waals surface area contributed by atoms with Crippen molar-refractivity contribution in [1.82, 2.24) is 9.97 Å². The zero-order valence-corrected chi connectivity index (χ0v) is 8.64. The van der Waals surface area contributed by atoms with Gasteiger partial charge in [-0.25, -0.2) is 9.97 Å². The first-order valence-electron chi connectivity index (χ1n) is 5.26. The van der Waals surface area contributed by atoms with Crippen molar-refractivity contribution >= 4 is 5.78 Å². The van der Waals surface area contributed by atoms with E-state index < -0.39 is 0 Å². The molecule has 0 saturated carbocycles. The molecule has 1 aliphatic rings. The molecule has 0 saturated heterocycles. The molecule has 0 N–H and O–H groups in total. The molecule has 2 aromatic heterocycles. The average molecular weight is 214 g/mol. The van der Waals surface area contributed by atoms with Crippen LogP contribution in [0, 0.1) is 0 Å². The van der Waals surface area contributed by atoms with Gasteiger partial charge in [0.1, 0.15) is 6.26 Å². The number of ketones is 1. The molecule has 3 rings (SSSR count). The average Bonchev–Trinajstić information content (AvgIpc) is 2.82. The van der Waals surface area contributed by atoms with Gasteiger partial charge < -0.3 is 4.42 Å². The lowest BCUT2D eigenvalue weighted by molar-refractivity contribution is 0.0971. The fraction of sp³-hybridized carbons (Fsp3) is 0.250. The van der Waals surface area contributed by atoms with E-state index in [9.17, 15) is 4.79 Å². The first-order chi connectivity index (χ1) is 7.84. The molecule has 0 radical (unpaired) electrons. The number of aromatic nitrogens is 2. The third kappa shape index (κ3) is 1.43. The number of Topliss-reactive ketones (excluding diaryl/α,β-unsaturated/α-hetero) is 1. The minimum atomic E-state index is 0.153. The van der Waals surface area contributed by atoms with Gasteiger partial charge in [-0.1, -0.05) is 0 Å². The highest BCUT2D eigenvalue weighted by molar-refractivity contribution is 5.97. The van der Waals surface area contributed by atoms with Crippen LogP contribution in [0.25, 0.3) is 11.4 Å². The van der Waals surface area contributed by atoms with Crippen molar-refractivity contribution in [3.05, 3.63) is 36.0 Å². The Morgan fingerprint density at radius 1 is 1.31 bits per heavy atom. The molecule has 0 aliphatic heterocycles. The molecular weight excluding hydrogens is 204 g/mol. The van der Waals surface area contributed by atoms with E-state index in [1.165, 1.54) is 0 Å². The summed E-state index contributed by atoms with van der Waals surface area (Å²) in [7, 11) is 0. The Bertz CT molecular complexity index is 532. The van der Waals surface area contributed by atoms with Gasteiger partial charge >= 0.3 is 0 Å². The Hall–Kier alpha value is -1.97. The van der Waals surface area contributed by atoms with Crippen LogP contribution in [0.2, 0.25) is 0 Å². The summed E-state index contributed by atoms with van der Waals surface area (Å²) in [5.41, 5.74) is 2.39. The van der Waals surface area contributed by atoms with Gasteiger partial charge in [-0.2, -0.15) is 0 Å². The predicted octanol–water partition coefficient (Wildman–Crippen LogP) is 2.26. The summed E-state index contributed by atoms with van der Waals surface area (Å²) >= 11 is 0. The van der Waals surface area contributed by atoms with Crippen molar-refractivity contribution in [2.45, 2.75) is 19.3 Å². The molecule has 0 amide bonds. The summed E-state index contributed by atoms with van der Waals surface area (Å²) in [6.07, 6.45) is 7.17. The van der Waals surface area contributed by atoms with E-state index in [2.05, 4.69) is 9.97 Å². The molecule has 0 fully saturated rings. The SMILES string of the molecule is O=C1CCCc2nc(-c3ccoc3)ncc21. The second kappa shape index (κ2) is 3.56. The zero-order chi connectivity index (χ0) is 11.0. The van der Waals surface area contributed by atoms with Crippen LogP contribution in [-0.2, 0) is 6.42 Å². The van der Waals surface area contributed by atoms with Crippen LogP contribution in [0.15, 0.2) is 29.2 Å². The highest BCUT2D eigenvalue weighted by atomic mass is 16.3. The molecule has 16 heavy (non-hydrogen) atoms. The van der Waals surface area contributed by atoms with Crippen molar-refractivity contribution in [1.29, 1.82) is 0 Å². The molecule has 80 valence electrons. The Morgan fingerprint density at radius 2 is 2.25 bits per heavy atom. The second-order valence-electron chi connectivity index (χ2n) is 3.84. The monoisotopic (exact) mass is 214 g/mol. The van der Waals surface area contributed by atoms with E-state index in [0.29, 0.717) is 17.8 Å². The number of rotatable bonds is 1. The van der Waals surface area contributed by atoms with Crippen molar-refractivity contribution in [2.75, 3.05) is 0 Å². The van der Waals surface area contributed by atoms with Crippen molar-refractivity contribution in [3.8, 4) is 11.4 Å². The third-order valence-electron chi connectivity index (χ3n) is 2.76. The minimum Gasteiger partial charge on any atom is -0.472 e. The highest BCUT2D eigenvalue weighted by Crippen LogP contribution is 2.22. The number of carbonyl (C=O) groups is 1. The Kier molecular flexibility index (Phi) is 2.06. The Morgan fingerprint density at radius 3 is 3.06 bits per heavy atom. The lowest BCUT2D eigenvalue weighted by atomic mass is 9.96. The van der Waals surface area contributed by atoms with Crippen LogP contribution in [0.4, 0.5) is 0 Å². The summed E-state index contributed by atoms with van der Waals surface area (Å²) in [5, 5.41) is 0. The maximum atomic E-state index is 11.6. The van der Waals surface area contributed by atoms with Gasteiger partial charge in [0.2, 0.25) is 0 Å². The second-order valence-corrected chi connectivity index (χ2v) is 3.84. The van der Waals surface area contributed by atoms with Crippen LogP contribution in [0.3, 0.4) is 0 Å². The van der Waals surface area contributed by atoms with E-state index in [1.807, 2.05) is 6.07 Å². The number of furan rings is 1. The highest BCUT2D eigenvalue weighted by Gasteiger charge is 2.19. The Balaban J connectivity index is 2.08. The van der Waals surface area contributed by atoms with Gasteiger partial charge in [0.15, 0.2) is 11.6 Å². The van der Waals surface area contributed by atoms with Crippen LogP contribution in [0.1, 0.15) is 28.9 Å². The maximum Gasteiger partial charge on any atom is 0.166 e. The molecule has 0 aromatic carbocycles. The topological polar surface area (TPSA) is 56.0 Å². The van der Waals surface area contributed by atoms with Gasteiger partial charge in [-0.05, 0) is 18.9 Å². The number of aryl methyl sites for hydroxylation is 1. The molecule has 0 unspecified atom stereocenters. The maximum absolute atomic E-state index is 11.6. The van der Waals surface area contributed by atoms with Gasteiger partial charge in [0.05, 0.1) is 23.1 Å². The summed E-state index contributed by atoms with van der Waals surface area (Å²) in [6, 6.07) is 1.81. The largest absolute Gasteiger partial charge is 0.472 e. The lowest BCUT2D eigenvalue weighted by Crippen LogP contribution is -2.13. The molecule has 4 nitrogen and oxygen atoms in total. The first kappa shape index (κ1) is 9.27. The summed E-state index contributed by atoms with van der Waals surface area (Å²) in [4.78, 5) is 20.2. The minimum absolute atomic E-state index is 0.153. The van der Waals surface area contributed by atoms with Crippen LogP contribution in [-0.4, -0.2) is 15.8 Å². The van der Waals surface area contributed by atoms with E-state index in [4.69, 9.17) is 4.42 Å². The molecule has 1 aliphatic carbocycles. The van der Waals surface area contributed by atoms with Gasteiger partial charge in [-0.3, -0.25) is 4.79 Å². The summed E-state index contributed by atoms with van der Waals surface area (Å²) in [5.74, 6) is 0.780. The standard InChI is InChI=1S/C12H10N2O2/c15-11-3-1-2-10-9(11)6-13-12(14-10)8-4-5-16-7-8/h4-7H,1-3H2. The molecule has 2 heterocycles. The Labute approximate surface area is 92.3 Å². The quantitative estimate of drug-likeness (QED) is 0.730. The smallest absolute Gasteiger partial charge is 0.166 e. The first-order valence-corrected chi connectivity index (χ1v) is 5.26. The zero-order valence-electron chi connectivity index (χ0n) is 8.64. The van der Waals surface area contributed by atoms with Gasteiger partial charge in [0, 0.05) is 12.6 Å². The van der Waals surface area contributed by atoms with E-state index in [-0.39, 0.29) is 5.78 Å². The van der Waals surface area contributed by atoms with Crippen LogP contribution < -0.4 is 0 Å². The fourth-order valence-electron chi connectivity index (χ4n) is 1.92. The third-order valence-corrected chi connectivity index (χ3v) is 2.76. The fourth-order valence-corrected chi connectivity index (χ4v) is 1.92. The van der Waals surface area contributed by atoms with E-state index >= 15 is 0 Å². The van der Waals surface area contributed by atoms with Crippen LogP contribution in [0.5, 0.6) is 0 Å². The number of fused-ring (bicyclic) bond motifs is 1. The molecule has 0 atom stereocenters. The van der Waals surface area contributed by atoms with Crippen LogP contribution >= 0.6 is 0 Å². The van der Waals surface area contributed by atoms with E-state index in [1.54, 1.807) is 18.7 Å². The summed E-state index contributed by atoms with van der Waals surface area (Å²) in [6.45, 7) is 0. The van der Waals surface area contributed by atoms with E-state index in [0.717, 1.165) is 24.1 Å². The van der Waals surface area contributed by atoms with Crippen molar-refractivity contribution in [3.63, 3.8) is 0 Å². The normalized spacial score (nSPS) is 14.9. The molecule has 2 aromatic rings. The number of hydrogen-bond acceptors (Lipinski definition) is 4. The number of nitrogens with zero attached hydrogens (tertiary/aromatic N) is 2.